The summed E-state index contributed by atoms with van der Waals surface area (Å²) in [6.07, 6.45) is 1.53. The number of rotatable bonds is 3. The molecule has 1 fully saturated rings. The van der Waals surface area contributed by atoms with Crippen LogP contribution in [0.3, 0.4) is 0 Å². The third-order valence-electron chi connectivity index (χ3n) is 3.19. The van der Waals surface area contributed by atoms with E-state index in [0.29, 0.717) is 6.29 Å². The summed E-state index contributed by atoms with van der Waals surface area (Å²) in [5.74, 6) is -0.541. The molecule has 0 aromatic heterocycles. The molecule has 1 aliphatic rings. The molecular weight excluding hydrogens is 238 g/mol. The van der Waals surface area contributed by atoms with Gasteiger partial charge in [0.15, 0.2) is 9.84 Å². The van der Waals surface area contributed by atoms with E-state index in [4.69, 9.17) is 5.26 Å². The van der Waals surface area contributed by atoms with E-state index in [-0.39, 0.29) is 0 Å². The van der Waals surface area contributed by atoms with E-state index < -0.39 is 26.4 Å². The van der Waals surface area contributed by atoms with Crippen molar-refractivity contribution in [3.8, 4) is 6.07 Å². The average Bonchev–Trinajstić information content (AvgIpc) is 3.00. The normalized spacial score (nSPS) is 31.5. The van der Waals surface area contributed by atoms with Gasteiger partial charge >= 0.3 is 0 Å². The Kier molecular flexibility index (Phi) is 2.55. The monoisotopic (exact) mass is 249 g/mol. The van der Waals surface area contributed by atoms with Gasteiger partial charge in [-0.2, -0.15) is 5.26 Å². The standard InChI is InChI=1S/C12H11NO3S/c1-17(15,16)11-10(12(11,7-13)8-14)9-5-3-2-4-6-9/h2-6,8,10-11H,1H3/t10-,11+,12+/m1/s1. The maximum atomic E-state index is 11.6. The van der Waals surface area contributed by atoms with Gasteiger partial charge in [0.2, 0.25) is 0 Å². The van der Waals surface area contributed by atoms with E-state index in [1.807, 2.05) is 6.07 Å². The molecule has 0 unspecified atom stereocenters. The van der Waals surface area contributed by atoms with Crippen LogP contribution >= 0.6 is 0 Å². The van der Waals surface area contributed by atoms with E-state index in [9.17, 15) is 13.2 Å². The summed E-state index contributed by atoms with van der Waals surface area (Å²) in [7, 11) is -3.41. The van der Waals surface area contributed by atoms with Crippen molar-refractivity contribution in [3.05, 3.63) is 35.9 Å². The third-order valence-corrected chi connectivity index (χ3v) is 4.77. The number of sulfone groups is 1. The van der Waals surface area contributed by atoms with Crippen LogP contribution in [0.4, 0.5) is 0 Å². The summed E-state index contributed by atoms with van der Waals surface area (Å²) < 4.78 is 23.2. The average molecular weight is 249 g/mol. The maximum Gasteiger partial charge on any atom is 0.153 e. The minimum atomic E-state index is -3.41. The molecule has 5 heteroatoms. The molecule has 0 bridgehead atoms. The Labute approximate surface area is 99.8 Å². The van der Waals surface area contributed by atoms with Gasteiger partial charge in [0.25, 0.3) is 0 Å². The molecule has 0 spiro atoms. The SMILES string of the molecule is CS(=O)(=O)[C@H]1[C@@H](c2ccccc2)[C@]1(C#N)C=O. The molecular formula is C12H11NO3S. The van der Waals surface area contributed by atoms with Crippen molar-refractivity contribution < 1.29 is 13.2 Å². The highest BCUT2D eigenvalue weighted by Gasteiger charge is 2.71. The van der Waals surface area contributed by atoms with Crippen LogP contribution in [0.25, 0.3) is 0 Å². The Morgan fingerprint density at radius 2 is 1.94 bits per heavy atom. The predicted octanol–water partition coefficient (Wildman–Crippen LogP) is 0.906. The van der Waals surface area contributed by atoms with Crippen LogP contribution in [-0.2, 0) is 14.6 Å². The quantitative estimate of drug-likeness (QED) is 0.746. The van der Waals surface area contributed by atoms with Gasteiger partial charge in [-0.25, -0.2) is 8.42 Å². The van der Waals surface area contributed by atoms with Crippen molar-refractivity contribution in [3.63, 3.8) is 0 Å². The molecule has 2 rings (SSSR count). The van der Waals surface area contributed by atoms with Crippen molar-refractivity contribution in [1.29, 1.82) is 5.26 Å². The molecule has 1 aromatic rings. The number of carbonyl (C=O) groups excluding carboxylic acids is 1. The first-order chi connectivity index (χ1) is 7.97. The maximum absolute atomic E-state index is 11.6. The largest absolute Gasteiger partial charge is 0.302 e. The molecule has 0 radical (unpaired) electrons. The van der Waals surface area contributed by atoms with Gasteiger partial charge in [-0.1, -0.05) is 30.3 Å². The van der Waals surface area contributed by atoms with Crippen molar-refractivity contribution in [2.45, 2.75) is 11.2 Å². The Hall–Kier alpha value is -1.67. The van der Waals surface area contributed by atoms with Crippen molar-refractivity contribution in [2.24, 2.45) is 5.41 Å². The molecule has 0 aliphatic heterocycles. The highest BCUT2D eigenvalue weighted by atomic mass is 32.2. The lowest BCUT2D eigenvalue weighted by molar-refractivity contribution is -0.110. The number of nitriles is 1. The second-order valence-electron chi connectivity index (χ2n) is 4.30. The number of hydrogen-bond acceptors (Lipinski definition) is 4. The molecule has 0 N–H and O–H groups in total. The van der Waals surface area contributed by atoms with Crippen LogP contribution in [0.2, 0.25) is 0 Å². The lowest BCUT2D eigenvalue weighted by Gasteiger charge is -1.98. The van der Waals surface area contributed by atoms with Crippen molar-refractivity contribution >= 4 is 16.1 Å². The second kappa shape index (κ2) is 3.67. The Morgan fingerprint density at radius 1 is 1.35 bits per heavy atom. The van der Waals surface area contributed by atoms with Crippen LogP contribution in [0.15, 0.2) is 30.3 Å². The van der Waals surface area contributed by atoms with Gasteiger partial charge in [0.05, 0.1) is 11.3 Å². The van der Waals surface area contributed by atoms with Crippen LogP contribution < -0.4 is 0 Å². The van der Waals surface area contributed by atoms with E-state index in [0.717, 1.165) is 11.8 Å². The first-order valence-corrected chi connectivity index (χ1v) is 7.04. The number of carbonyl (C=O) groups is 1. The zero-order valence-corrected chi connectivity index (χ0v) is 10.0. The first-order valence-electron chi connectivity index (χ1n) is 5.09. The number of hydrogen-bond donors (Lipinski definition) is 0. The summed E-state index contributed by atoms with van der Waals surface area (Å²) in [6, 6.07) is 10.7. The van der Waals surface area contributed by atoms with Gasteiger partial charge in [-0.3, -0.25) is 0 Å². The molecule has 1 saturated carbocycles. The van der Waals surface area contributed by atoms with E-state index in [2.05, 4.69) is 0 Å². The second-order valence-corrected chi connectivity index (χ2v) is 6.47. The highest BCUT2D eigenvalue weighted by Crippen LogP contribution is 2.61. The summed E-state index contributed by atoms with van der Waals surface area (Å²) in [4.78, 5) is 11.1. The lowest BCUT2D eigenvalue weighted by Crippen LogP contribution is -2.14. The Balaban J connectivity index is 2.50. The first kappa shape index (κ1) is 11.8. The van der Waals surface area contributed by atoms with E-state index in [1.54, 1.807) is 30.3 Å². The highest BCUT2D eigenvalue weighted by molar-refractivity contribution is 7.91. The van der Waals surface area contributed by atoms with Crippen LogP contribution in [0.1, 0.15) is 11.5 Å². The van der Waals surface area contributed by atoms with Crippen LogP contribution in [0, 0.1) is 16.7 Å². The zero-order chi connectivity index (χ0) is 12.7. The lowest BCUT2D eigenvalue weighted by atomic mass is 10.0. The fourth-order valence-corrected chi connectivity index (χ4v) is 4.15. The number of aldehydes is 1. The van der Waals surface area contributed by atoms with Gasteiger partial charge in [-0.15, -0.1) is 0 Å². The van der Waals surface area contributed by atoms with Crippen molar-refractivity contribution in [1.82, 2.24) is 0 Å². The molecule has 1 aliphatic carbocycles. The summed E-state index contributed by atoms with van der Waals surface area (Å²) >= 11 is 0. The fourth-order valence-electron chi connectivity index (χ4n) is 2.39. The Bertz CT molecular complexity index is 588. The van der Waals surface area contributed by atoms with Gasteiger partial charge < -0.3 is 4.79 Å². The minimum Gasteiger partial charge on any atom is -0.302 e. The smallest absolute Gasteiger partial charge is 0.153 e. The molecule has 3 atom stereocenters. The minimum absolute atomic E-state index is 0.469. The van der Waals surface area contributed by atoms with Gasteiger partial charge in [-0.05, 0) is 5.56 Å². The van der Waals surface area contributed by atoms with Crippen LogP contribution in [-0.4, -0.2) is 26.2 Å². The molecule has 88 valence electrons. The fraction of sp³-hybridized carbons (Fsp3) is 0.333. The molecule has 0 saturated heterocycles. The molecule has 1 aromatic carbocycles. The zero-order valence-electron chi connectivity index (χ0n) is 9.20. The van der Waals surface area contributed by atoms with Gasteiger partial charge in [0.1, 0.15) is 11.7 Å². The molecule has 17 heavy (non-hydrogen) atoms. The summed E-state index contributed by atoms with van der Waals surface area (Å²) in [5, 5.41) is 8.16. The number of benzene rings is 1. The topological polar surface area (TPSA) is 75.0 Å². The van der Waals surface area contributed by atoms with Gasteiger partial charge in [0, 0.05) is 12.2 Å². The Morgan fingerprint density at radius 3 is 2.29 bits per heavy atom. The summed E-state index contributed by atoms with van der Waals surface area (Å²) in [5.41, 5.74) is -0.689. The van der Waals surface area contributed by atoms with E-state index >= 15 is 0 Å². The molecule has 0 heterocycles. The molecule has 0 amide bonds. The summed E-state index contributed by atoms with van der Waals surface area (Å²) in [6.45, 7) is 0. The molecule has 4 nitrogen and oxygen atoms in total. The van der Waals surface area contributed by atoms with E-state index in [1.165, 1.54) is 0 Å². The third kappa shape index (κ3) is 1.65. The predicted molar refractivity (Wildman–Crippen MR) is 61.9 cm³/mol. The number of nitrogens with zero attached hydrogens (tertiary/aromatic N) is 1. The van der Waals surface area contributed by atoms with Crippen molar-refractivity contribution in [2.75, 3.05) is 6.26 Å². The van der Waals surface area contributed by atoms with Crippen LogP contribution in [0.5, 0.6) is 0 Å².